The number of terminal acetylenes is 1. The van der Waals surface area contributed by atoms with Gasteiger partial charge in [0.1, 0.15) is 29.4 Å². The Labute approximate surface area is 237 Å². The van der Waals surface area contributed by atoms with E-state index in [0.29, 0.717) is 51.8 Å². The number of piperazine rings is 1. The first kappa shape index (κ1) is 24.8. The summed E-state index contributed by atoms with van der Waals surface area (Å²) in [5.74, 6) is 2.76. The van der Waals surface area contributed by atoms with Crippen LogP contribution in [0.1, 0.15) is 37.7 Å². The average Bonchev–Trinajstić information content (AvgIpc) is 3.56. The molecule has 2 aromatic heterocycles. The lowest BCUT2D eigenvalue weighted by Crippen LogP contribution is -2.67. The van der Waals surface area contributed by atoms with Gasteiger partial charge in [0, 0.05) is 47.9 Å². The largest absolute Gasteiger partial charge is 0.508 e. The highest BCUT2D eigenvalue weighted by molar-refractivity contribution is 6.02. The maximum absolute atomic E-state index is 16.6. The number of phenolic OH excluding ortho intramolecular Hbond substituents is 1. The smallest absolute Gasteiger partial charge is 0.319 e. The van der Waals surface area contributed by atoms with Gasteiger partial charge in [0.05, 0.1) is 10.9 Å². The van der Waals surface area contributed by atoms with Gasteiger partial charge in [0.15, 0.2) is 5.82 Å². The molecule has 0 radical (unpaired) electrons. The maximum atomic E-state index is 16.6. The van der Waals surface area contributed by atoms with Crippen molar-refractivity contribution in [3.05, 3.63) is 47.9 Å². The van der Waals surface area contributed by atoms with Crippen LogP contribution in [0.3, 0.4) is 0 Å². The molecule has 0 amide bonds. The minimum Gasteiger partial charge on any atom is -0.508 e. The number of ether oxygens (including phenoxy) is 1. The molecule has 7 heterocycles. The first-order valence-corrected chi connectivity index (χ1v) is 14.5. The topological polar surface area (TPSA) is 86.6 Å². The fourth-order valence-electron chi connectivity index (χ4n) is 7.58. The van der Waals surface area contributed by atoms with E-state index in [1.54, 1.807) is 18.3 Å². The number of fused-ring (bicyclic) bond motifs is 5. The minimum atomic E-state index is -0.587. The Hall–Kier alpha value is -4.00. The van der Waals surface area contributed by atoms with Gasteiger partial charge in [-0.2, -0.15) is 9.97 Å². The average molecular weight is 551 g/mol. The van der Waals surface area contributed by atoms with Crippen molar-refractivity contribution < 1.29 is 14.2 Å². The Morgan fingerprint density at radius 1 is 1.15 bits per heavy atom. The fourth-order valence-corrected chi connectivity index (χ4v) is 7.58. The normalized spacial score (nSPS) is 23.0. The summed E-state index contributed by atoms with van der Waals surface area (Å²) >= 11 is 0. The van der Waals surface area contributed by atoms with E-state index in [-0.39, 0.29) is 28.5 Å². The lowest BCUT2D eigenvalue weighted by Gasteiger charge is -2.48. The number of benzene rings is 2. The van der Waals surface area contributed by atoms with E-state index in [4.69, 9.17) is 16.1 Å². The standard InChI is InChI=1S/C32H31FN6O2/c1-2-19-6-3-7-20-12-23(40)14-24(26(19)20)28-27(33)29-25(15-34-28)30(38-16-21-13-22(17-38)35-21)37-31(36-29)41-18-32-8-4-10-39(32)11-5-9-32/h1,3,6-7,12,14-15,21-22,35,40H,4-5,8-11,13,16-18H2. The molecule has 9 rings (SSSR count). The van der Waals surface area contributed by atoms with Crippen LogP contribution in [0, 0.1) is 18.2 Å². The van der Waals surface area contributed by atoms with Crippen LogP contribution >= 0.6 is 0 Å². The molecule has 8 nitrogen and oxygen atoms in total. The lowest BCUT2D eigenvalue weighted by atomic mass is 9.91. The molecule has 2 N–H and O–H groups in total. The van der Waals surface area contributed by atoms with E-state index >= 15 is 4.39 Å². The van der Waals surface area contributed by atoms with Crippen LogP contribution in [0.25, 0.3) is 32.9 Å². The predicted molar refractivity (Wildman–Crippen MR) is 156 cm³/mol. The summed E-state index contributed by atoms with van der Waals surface area (Å²) in [7, 11) is 0. The molecular formula is C32H31FN6O2. The summed E-state index contributed by atoms with van der Waals surface area (Å²) < 4.78 is 23.0. The molecule has 5 aliphatic heterocycles. The molecule has 5 saturated heterocycles. The van der Waals surface area contributed by atoms with Crippen molar-refractivity contribution in [2.75, 3.05) is 37.7 Å². The van der Waals surface area contributed by atoms with E-state index in [0.717, 1.165) is 58.3 Å². The third-order valence-corrected chi connectivity index (χ3v) is 9.52. The quantitative estimate of drug-likeness (QED) is 0.357. The Kier molecular flexibility index (Phi) is 5.60. The molecule has 9 heteroatoms. The number of anilines is 1. The molecule has 208 valence electrons. The van der Waals surface area contributed by atoms with Crippen LogP contribution in [-0.4, -0.2) is 75.4 Å². The molecule has 0 spiro atoms. The zero-order valence-corrected chi connectivity index (χ0v) is 22.7. The fraction of sp³-hybridized carbons (Fsp3) is 0.406. The van der Waals surface area contributed by atoms with Gasteiger partial charge in [-0.15, -0.1) is 6.42 Å². The van der Waals surface area contributed by atoms with Crippen molar-refractivity contribution in [3.63, 3.8) is 0 Å². The molecule has 4 aromatic rings. The van der Waals surface area contributed by atoms with Gasteiger partial charge in [-0.1, -0.05) is 18.1 Å². The van der Waals surface area contributed by atoms with Crippen LogP contribution in [0.2, 0.25) is 0 Å². The van der Waals surface area contributed by atoms with Crippen LogP contribution < -0.4 is 15.0 Å². The van der Waals surface area contributed by atoms with E-state index < -0.39 is 5.82 Å². The SMILES string of the molecule is C#Cc1cccc2cc(O)cc(-c3ncc4c(N5CC6CC(C5)N6)nc(OCC56CCCN5CCC6)nc4c3F)c12. The molecule has 2 atom stereocenters. The molecule has 0 aliphatic carbocycles. The molecular weight excluding hydrogens is 519 g/mol. The van der Waals surface area contributed by atoms with Gasteiger partial charge in [-0.25, -0.2) is 4.39 Å². The van der Waals surface area contributed by atoms with Crippen LogP contribution in [0.5, 0.6) is 11.8 Å². The lowest BCUT2D eigenvalue weighted by molar-refractivity contribution is 0.107. The second-order valence-corrected chi connectivity index (χ2v) is 12.0. The number of pyridine rings is 1. The van der Waals surface area contributed by atoms with Gasteiger partial charge in [0.2, 0.25) is 0 Å². The van der Waals surface area contributed by atoms with Crippen molar-refractivity contribution in [1.82, 2.24) is 25.2 Å². The number of nitrogens with one attached hydrogen (secondary N) is 1. The van der Waals surface area contributed by atoms with E-state index in [1.807, 2.05) is 12.1 Å². The first-order valence-electron chi connectivity index (χ1n) is 14.5. The van der Waals surface area contributed by atoms with Crippen molar-refractivity contribution >= 4 is 27.5 Å². The second-order valence-electron chi connectivity index (χ2n) is 12.0. The van der Waals surface area contributed by atoms with Gasteiger partial charge < -0.3 is 20.1 Å². The molecule has 2 bridgehead atoms. The molecule has 0 saturated carbocycles. The first-order chi connectivity index (χ1) is 20.0. The number of piperidine rings is 1. The van der Waals surface area contributed by atoms with Crippen LogP contribution in [0.4, 0.5) is 10.2 Å². The van der Waals surface area contributed by atoms with Gasteiger partial charge in [-0.3, -0.25) is 9.88 Å². The van der Waals surface area contributed by atoms with Crippen LogP contribution in [0.15, 0.2) is 36.5 Å². The molecule has 2 aromatic carbocycles. The monoisotopic (exact) mass is 550 g/mol. The Morgan fingerprint density at radius 3 is 2.68 bits per heavy atom. The molecule has 5 fully saturated rings. The molecule has 5 aliphatic rings. The van der Waals surface area contributed by atoms with Crippen molar-refractivity contribution in [1.29, 1.82) is 0 Å². The molecule has 41 heavy (non-hydrogen) atoms. The van der Waals surface area contributed by atoms with Crippen molar-refractivity contribution in [2.45, 2.75) is 49.7 Å². The second kappa shape index (κ2) is 9.26. The van der Waals surface area contributed by atoms with Gasteiger partial charge in [0.25, 0.3) is 0 Å². The van der Waals surface area contributed by atoms with Gasteiger partial charge in [-0.05, 0) is 68.8 Å². The molecule has 2 unspecified atom stereocenters. The number of hydrogen-bond acceptors (Lipinski definition) is 8. The zero-order valence-electron chi connectivity index (χ0n) is 22.7. The Morgan fingerprint density at radius 2 is 1.93 bits per heavy atom. The van der Waals surface area contributed by atoms with E-state index in [9.17, 15) is 5.11 Å². The predicted octanol–water partition coefficient (Wildman–Crippen LogP) is 4.23. The summed E-state index contributed by atoms with van der Waals surface area (Å²) in [5, 5.41) is 16.0. The van der Waals surface area contributed by atoms with Crippen LogP contribution in [-0.2, 0) is 0 Å². The highest BCUT2D eigenvalue weighted by Gasteiger charge is 2.45. The Bertz CT molecular complexity index is 1730. The van der Waals surface area contributed by atoms with E-state index in [1.165, 1.54) is 6.07 Å². The number of hydrogen-bond donors (Lipinski definition) is 2. The van der Waals surface area contributed by atoms with Gasteiger partial charge >= 0.3 is 6.01 Å². The highest BCUT2D eigenvalue weighted by atomic mass is 19.1. The summed E-state index contributed by atoms with van der Waals surface area (Å²) in [6, 6.07) is 9.58. The number of nitrogens with zero attached hydrogens (tertiary/aromatic N) is 5. The van der Waals surface area contributed by atoms with Crippen molar-refractivity contribution in [2.24, 2.45) is 0 Å². The van der Waals surface area contributed by atoms with Crippen molar-refractivity contribution in [3.8, 4) is 35.4 Å². The zero-order chi connectivity index (χ0) is 27.7. The summed E-state index contributed by atoms with van der Waals surface area (Å²) in [6.45, 7) is 4.25. The van der Waals surface area contributed by atoms with E-state index in [2.05, 4.69) is 31.0 Å². The number of aromatic hydroxyl groups is 1. The summed E-state index contributed by atoms with van der Waals surface area (Å²) in [4.78, 5) is 18.8. The maximum Gasteiger partial charge on any atom is 0.319 e. The highest BCUT2D eigenvalue weighted by Crippen LogP contribution is 2.41. The third kappa shape index (κ3) is 3.92. The number of aromatic nitrogens is 3. The number of phenols is 1. The summed E-state index contributed by atoms with van der Waals surface area (Å²) in [5.41, 5.74) is 1.28. The summed E-state index contributed by atoms with van der Waals surface area (Å²) in [6.07, 6.45) is 13.1. The third-order valence-electron chi connectivity index (χ3n) is 9.52. The number of rotatable bonds is 5. The number of halogens is 1. The minimum absolute atomic E-state index is 0.00680. The Balaban J connectivity index is 1.27.